The Hall–Kier alpha value is -3.69. The van der Waals surface area contributed by atoms with Gasteiger partial charge in [-0.25, -0.2) is 4.98 Å². The van der Waals surface area contributed by atoms with Gasteiger partial charge in [-0.05, 0) is 55.4 Å². The second-order valence-corrected chi connectivity index (χ2v) is 8.07. The van der Waals surface area contributed by atoms with Crippen molar-refractivity contribution in [1.82, 2.24) is 20.2 Å². The number of hydrogen-bond acceptors (Lipinski definition) is 8. The molecule has 0 spiro atoms. The lowest BCUT2D eigenvalue weighted by atomic mass is 9.99. The lowest BCUT2D eigenvalue weighted by Crippen LogP contribution is -2.26. The van der Waals surface area contributed by atoms with E-state index >= 15 is 0 Å². The first-order valence-corrected chi connectivity index (χ1v) is 10.8. The number of carbonyl (C=O) groups excluding carboxylic acids is 1. The molecule has 33 heavy (non-hydrogen) atoms. The van der Waals surface area contributed by atoms with Crippen LogP contribution in [0.4, 0.5) is 23.1 Å². The van der Waals surface area contributed by atoms with Crippen molar-refractivity contribution in [3.63, 3.8) is 0 Å². The van der Waals surface area contributed by atoms with E-state index in [2.05, 4.69) is 50.0 Å². The summed E-state index contributed by atoms with van der Waals surface area (Å²) < 4.78 is 5.61. The molecule has 0 saturated carbocycles. The van der Waals surface area contributed by atoms with E-state index in [1.54, 1.807) is 7.11 Å². The topological polar surface area (TPSA) is 117 Å². The third-order valence-electron chi connectivity index (χ3n) is 5.66. The molecule has 1 amide bonds. The third kappa shape index (κ3) is 5.05. The Morgan fingerprint density at radius 2 is 2.00 bits per heavy atom. The second kappa shape index (κ2) is 9.85. The number of anilines is 4. The van der Waals surface area contributed by atoms with Crippen molar-refractivity contribution in [2.24, 2.45) is 5.73 Å². The molecule has 9 nitrogen and oxygen atoms in total. The summed E-state index contributed by atoms with van der Waals surface area (Å²) in [7, 11) is 5.63. The lowest BCUT2D eigenvalue weighted by Gasteiger charge is -2.26. The van der Waals surface area contributed by atoms with E-state index in [1.807, 2.05) is 31.3 Å². The summed E-state index contributed by atoms with van der Waals surface area (Å²) >= 11 is 0. The Balaban J connectivity index is 1.68. The molecule has 1 aliphatic heterocycles. The fourth-order valence-corrected chi connectivity index (χ4v) is 3.95. The Morgan fingerprint density at radius 3 is 2.76 bits per heavy atom. The minimum atomic E-state index is -0.607. The average Bonchev–Trinajstić information content (AvgIpc) is 2.80. The summed E-state index contributed by atoms with van der Waals surface area (Å²) in [6, 6.07) is 11.9. The number of fused-ring (bicyclic) bond motifs is 1. The standard InChI is InChI=1S/C24H29N7O2/c1-26-12-16-6-4-5-7-19(16)28-23-18(22(25)32)13-27-24(30-23)29-20-10-17-14-31(2)9-8-15(17)11-21(20)33-3/h4-7,10-11,13,26H,8-9,12,14H2,1-3H3,(H2,25,32)(H2,27,28,29,30). The molecule has 0 radical (unpaired) electrons. The van der Waals surface area contributed by atoms with Crippen LogP contribution in [0.15, 0.2) is 42.6 Å². The number of carbonyl (C=O) groups is 1. The summed E-state index contributed by atoms with van der Waals surface area (Å²) in [5, 5.41) is 9.64. The highest BCUT2D eigenvalue weighted by atomic mass is 16.5. The van der Waals surface area contributed by atoms with Crippen LogP contribution in [0.25, 0.3) is 0 Å². The van der Waals surface area contributed by atoms with Crippen LogP contribution in [-0.2, 0) is 19.5 Å². The minimum Gasteiger partial charge on any atom is -0.495 e. The van der Waals surface area contributed by atoms with E-state index < -0.39 is 5.91 Å². The van der Waals surface area contributed by atoms with Gasteiger partial charge in [0, 0.05) is 31.5 Å². The Labute approximate surface area is 193 Å². The van der Waals surface area contributed by atoms with Gasteiger partial charge in [0.2, 0.25) is 5.95 Å². The smallest absolute Gasteiger partial charge is 0.254 e. The fourth-order valence-electron chi connectivity index (χ4n) is 3.95. The number of hydrogen-bond donors (Lipinski definition) is 4. The average molecular weight is 448 g/mol. The van der Waals surface area contributed by atoms with Gasteiger partial charge in [-0.15, -0.1) is 0 Å². The maximum Gasteiger partial charge on any atom is 0.254 e. The highest BCUT2D eigenvalue weighted by Crippen LogP contribution is 2.33. The number of likely N-dealkylation sites (N-methyl/N-ethyl adjacent to an activating group) is 1. The van der Waals surface area contributed by atoms with Crippen LogP contribution < -0.4 is 26.4 Å². The van der Waals surface area contributed by atoms with E-state index in [1.165, 1.54) is 17.3 Å². The number of methoxy groups -OCH3 is 1. The largest absolute Gasteiger partial charge is 0.495 e. The molecule has 0 atom stereocenters. The third-order valence-corrected chi connectivity index (χ3v) is 5.66. The monoisotopic (exact) mass is 447 g/mol. The molecule has 2 heterocycles. The zero-order chi connectivity index (χ0) is 23.4. The number of primary amides is 1. The molecule has 0 aliphatic carbocycles. The second-order valence-electron chi connectivity index (χ2n) is 8.07. The molecule has 3 aromatic rings. The van der Waals surface area contributed by atoms with Crippen molar-refractivity contribution in [1.29, 1.82) is 0 Å². The van der Waals surface area contributed by atoms with Gasteiger partial charge in [0.05, 0.1) is 12.8 Å². The predicted octanol–water partition coefficient (Wildman–Crippen LogP) is 2.78. The zero-order valence-electron chi connectivity index (χ0n) is 19.1. The number of ether oxygens (including phenoxy) is 1. The fraction of sp³-hybridized carbons (Fsp3) is 0.292. The van der Waals surface area contributed by atoms with Gasteiger partial charge < -0.3 is 31.3 Å². The van der Waals surface area contributed by atoms with E-state index in [4.69, 9.17) is 10.5 Å². The molecule has 9 heteroatoms. The van der Waals surface area contributed by atoms with E-state index in [0.29, 0.717) is 18.3 Å². The van der Waals surface area contributed by atoms with Crippen LogP contribution in [-0.4, -0.2) is 48.5 Å². The summed E-state index contributed by atoms with van der Waals surface area (Å²) in [6.07, 6.45) is 2.41. The van der Waals surface area contributed by atoms with Gasteiger partial charge in [-0.2, -0.15) is 4.98 Å². The first-order chi connectivity index (χ1) is 16.0. The van der Waals surface area contributed by atoms with Crippen LogP contribution in [0.2, 0.25) is 0 Å². The van der Waals surface area contributed by atoms with E-state index in [9.17, 15) is 4.79 Å². The van der Waals surface area contributed by atoms with Gasteiger partial charge in [-0.3, -0.25) is 4.79 Å². The van der Waals surface area contributed by atoms with Crippen molar-refractivity contribution in [2.75, 3.05) is 38.4 Å². The highest BCUT2D eigenvalue weighted by molar-refractivity contribution is 5.98. The van der Waals surface area contributed by atoms with Gasteiger partial charge in [0.1, 0.15) is 17.1 Å². The maximum absolute atomic E-state index is 12.0. The van der Waals surface area contributed by atoms with Crippen LogP contribution >= 0.6 is 0 Å². The van der Waals surface area contributed by atoms with E-state index in [0.717, 1.165) is 42.2 Å². The van der Waals surface area contributed by atoms with E-state index in [-0.39, 0.29) is 5.56 Å². The molecule has 1 aliphatic rings. The quantitative estimate of drug-likeness (QED) is 0.416. The van der Waals surface area contributed by atoms with Crippen LogP contribution in [0, 0.1) is 0 Å². The van der Waals surface area contributed by atoms with Gasteiger partial charge >= 0.3 is 0 Å². The highest BCUT2D eigenvalue weighted by Gasteiger charge is 2.19. The first kappa shape index (κ1) is 22.5. The molecule has 0 unspecified atom stereocenters. The summed E-state index contributed by atoms with van der Waals surface area (Å²) in [6.45, 7) is 2.54. The number of nitrogens with two attached hydrogens (primary N) is 1. The number of nitrogens with zero attached hydrogens (tertiary/aromatic N) is 3. The SMILES string of the molecule is CNCc1ccccc1Nc1nc(Nc2cc3c(cc2OC)CCN(C)C3)ncc1C(N)=O. The number of para-hydroxylation sites is 1. The number of amides is 1. The summed E-state index contributed by atoms with van der Waals surface area (Å²) in [5.41, 5.74) is 10.9. The van der Waals surface area contributed by atoms with Gasteiger partial charge in [0.25, 0.3) is 5.91 Å². The molecule has 2 aromatic carbocycles. The number of nitrogens with one attached hydrogen (secondary N) is 3. The van der Waals surface area contributed by atoms with Gasteiger partial charge in [-0.1, -0.05) is 18.2 Å². The molecular weight excluding hydrogens is 418 g/mol. The molecule has 4 rings (SSSR count). The number of rotatable bonds is 8. The Bertz CT molecular complexity index is 1170. The van der Waals surface area contributed by atoms with Crippen molar-refractivity contribution in [3.8, 4) is 5.75 Å². The predicted molar refractivity (Wildman–Crippen MR) is 129 cm³/mol. The summed E-state index contributed by atoms with van der Waals surface area (Å²) in [4.78, 5) is 23.2. The number of benzene rings is 2. The normalized spacial score (nSPS) is 13.3. The van der Waals surface area contributed by atoms with Crippen molar-refractivity contribution in [2.45, 2.75) is 19.5 Å². The molecule has 1 aromatic heterocycles. The lowest BCUT2D eigenvalue weighted by molar-refractivity contribution is 0.100. The summed E-state index contributed by atoms with van der Waals surface area (Å²) in [5.74, 6) is 0.774. The van der Waals surface area contributed by atoms with Crippen molar-refractivity contribution < 1.29 is 9.53 Å². The zero-order valence-corrected chi connectivity index (χ0v) is 19.1. The minimum absolute atomic E-state index is 0.207. The Kier molecular flexibility index (Phi) is 6.71. The van der Waals surface area contributed by atoms with Crippen LogP contribution in [0.1, 0.15) is 27.0 Å². The van der Waals surface area contributed by atoms with Crippen molar-refractivity contribution >= 4 is 29.0 Å². The molecule has 0 saturated heterocycles. The van der Waals surface area contributed by atoms with Gasteiger partial charge in [0.15, 0.2) is 0 Å². The number of aromatic nitrogens is 2. The maximum atomic E-state index is 12.0. The first-order valence-electron chi connectivity index (χ1n) is 10.8. The Morgan fingerprint density at radius 1 is 1.18 bits per heavy atom. The molecule has 172 valence electrons. The van der Waals surface area contributed by atoms with Crippen LogP contribution in [0.5, 0.6) is 5.75 Å². The van der Waals surface area contributed by atoms with Crippen molar-refractivity contribution in [3.05, 3.63) is 64.8 Å². The van der Waals surface area contributed by atoms with Crippen LogP contribution in [0.3, 0.4) is 0 Å². The molecule has 5 N–H and O–H groups in total. The molecule has 0 fully saturated rings. The molecule has 0 bridgehead atoms. The molecular formula is C24H29N7O2.